The third kappa shape index (κ3) is 5.13. The van der Waals surface area contributed by atoms with Crippen LogP contribution in [-0.2, 0) is 21.2 Å². The highest BCUT2D eigenvalue weighted by Gasteiger charge is 2.30. The van der Waals surface area contributed by atoms with Crippen LogP contribution in [0.15, 0.2) is 42.5 Å². The molecule has 0 saturated heterocycles. The van der Waals surface area contributed by atoms with Crippen molar-refractivity contribution in [3.63, 3.8) is 0 Å². The van der Waals surface area contributed by atoms with Crippen LogP contribution in [0, 0.1) is 13.8 Å². The van der Waals surface area contributed by atoms with E-state index in [2.05, 4.69) is 5.32 Å². The fraction of sp³-hybridized carbons (Fsp3) is 0.409. The molecule has 1 amide bonds. The van der Waals surface area contributed by atoms with E-state index in [-0.39, 0.29) is 11.9 Å². The van der Waals surface area contributed by atoms with Crippen molar-refractivity contribution < 1.29 is 13.2 Å². The molecule has 0 aromatic heterocycles. The lowest BCUT2D eigenvalue weighted by Crippen LogP contribution is -2.48. The Morgan fingerprint density at radius 1 is 1.07 bits per heavy atom. The van der Waals surface area contributed by atoms with Crippen LogP contribution in [0.5, 0.6) is 0 Å². The lowest BCUT2D eigenvalue weighted by Gasteiger charge is -2.29. The van der Waals surface area contributed by atoms with Crippen molar-refractivity contribution in [2.24, 2.45) is 0 Å². The molecule has 0 unspecified atom stereocenters. The summed E-state index contributed by atoms with van der Waals surface area (Å²) in [5, 5.41) is 2.96. The van der Waals surface area contributed by atoms with Gasteiger partial charge in [-0.3, -0.25) is 9.10 Å². The first kappa shape index (κ1) is 22.0. The predicted octanol–water partition coefficient (Wildman–Crippen LogP) is 3.90. The topological polar surface area (TPSA) is 66.5 Å². The monoisotopic (exact) mass is 402 g/mol. The number of hydrogen-bond donors (Lipinski definition) is 1. The zero-order valence-corrected chi connectivity index (χ0v) is 18.3. The number of aryl methyl sites for hydroxylation is 3. The van der Waals surface area contributed by atoms with Gasteiger partial charge in [0.15, 0.2) is 0 Å². The Kier molecular flexibility index (Phi) is 6.88. The van der Waals surface area contributed by atoms with Gasteiger partial charge in [0.25, 0.3) is 0 Å². The van der Waals surface area contributed by atoms with E-state index in [0.29, 0.717) is 5.69 Å². The number of anilines is 1. The number of carbonyl (C=O) groups is 1. The highest BCUT2D eigenvalue weighted by molar-refractivity contribution is 7.92. The quantitative estimate of drug-likeness (QED) is 0.764. The number of hydrogen-bond acceptors (Lipinski definition) is 3. The van der Waals surface area contributed by atoms with Gasteiger partial charge in [-0.25, -0.2) is 8.42 Å². The van der Waals surface area contributed by atoms with E-state index < -0.39 is 16.1 Å². The molecular formula is C22H30N2O3S. The summed E-state index contributed by atoms with van der Waals surface area (Å²) in [6.07, 6.45) is 1.99. The average molecular weight is 403 g/mol. The van der Waals surface area contributed by atoms with Gasteiger partial charge in [-0.1, -0.05) is 42.8 Å². The SMILES string of the molecule is CCc1ccc(N([C@@H](C)C(=O)N[C@H](C)c2cc(C)ccc2C)S(C)(=O)=O)cc1. The van der Waals surface area contributed by atoms with Crippen LogP contribution >= 0.6 is 0 Å². The van der Waals surface area contributed by atoms with E-state index in [9.17, 15) is 13.2 Å². The van der Waals surface area contributed by atoms with E-state index in [4.69, 9.17) is 0 Å². The van der Waals surface area contributed by atoms with E-state index in [1.165, 1.54) is 4.31 Å². The smallest absolute Gasteiger partial charge is 0.244 e. The number of amides is 1. The van der Waals surface area contributed by atoms with Gasteiger partial charge in [-0.05, 0) is 62.9 Å². The lowest BCUT2D eigenvalue weighted by molar-refractivity contribution is -0.122. The van der Waals surface area contributed by atoms with Crippen LogP contribution in [0.2, 0.25) is 0 Å². The average Bonchev–Trinajstić information content (AvgIpc) is 2.63. The molecule has 5 nitrogen and oxygen atoms in total. The van der Waals surface area contributed by atoms with Crippen molar-refractivity contribution in [2.75, 3.05) is 10.6 Å². The summed E-state index contributed by atoms with van der Waals surface area (Å²) in [6.45, 7) is 9.56. The maximum Gasteiger partial charge on any atom is 0.244 e. The molecule has 28 heavy (non-hydrogen) atoms. The molecule has 0 aliphatic heterocycles. The zero-order chi connectivity index (χ0) is 21.1. The molecule has 0 heterocycles. The van der Waals surface area contributed by atoms with E-state index in [0.717, 1.165) is 34.9 Å². The zero-order valence-electron chi connectivity index (χ0n) is 17.5. The first-order valence-electron chi connectivity index (χ1n) is 9.50. The summed E-state index contributed by atoms with van der Waals surface area (Å²) in [6, 6.07) is 12.3. The highest BCUT2D eigenvalue weighted by Crippen LogP contribution is 2.23. The predicted molar refractivity (Wildman–Crippen MR) is 115 cm³/mol. The molecule has 152 valence electrons. The first-order valence-corrected chi connectivity index (χ1v) is 11.3. The standard InChI is InChI=1S/C22H30N2O3S/c1-7-19-10-12-20(13-11-19)24(28(6,26)27)18(5)22(25)23-17(4)21-14-15(2)8-9-16(21)3/h8-14,17-18H,7H2,1-6H3,(H,23,25)/t17-,18+/m1/s1. The second-order valence-electron chi connectivity index (χ2n) is 7.35. The van der Waals surface area contributed by atoms with Gasteiger partial charge in [0, 0.05) is 0 Å². The molecule has 0 spiro atoms. The third-order valence-electron chi connectivity index (χ3n) is 4.95. The Balaban J connectivity index is 2.27. The number of benzene rings is 2. The van der Waals surface area contributed by atoms with Gasteiger partial charge < -0.3 is 5.32 Å². The van der Waals surface area contributed by atoms with E-state index >= 15 is 0 Å². The minimum atomic E-state index is -3.62. The second kappa shape index (κ2) is 8.78. The molecule has 0 fully saturated rings. The lowest BCUT2D eigenvalue weighted by atomic mass is 10.00. The molecule has 6 heteroatoms. The summed E-state index contributed by atoms with van der Waals surface area (Å²) in [5.41, 5.74) is 4.82. The Morgan fingerprint density at radius 3 is 2.21 bits per heavy atom. The van der Waals surface area contributed by atoms with Crippen LogP contribution in [0.3, 0.4) is 0 Å². The fourth-order valence-electron chi connectivity index (χ4n) is 3.33. The highest BCUT2D eigenvalue weighted by atomic mass is 32.2. The summed E-state index contributed by atoms with van der Waals surface area (Å²) in [4.78, 5) is 12.9. The van der Waals surface area contributed by atoms with Gasteiger partial charge in [0.2, 0.25) is 15.9 Å². The molecule has 0 saturated carbocycles. The second-order valence-corrected chi connectivity index (χ2v) is 9.20. The molecule has 0 aliphatic carbocycles. The van der Waals surface area contributed by atoms with Crippen molar-refractivity contribution in [3.05, 3.63) is 64.7 Å². The number of nitrogens with zero attached hydrogens (tertiary/aromatic N) is 1. The summed E-state index contributed by atoms with van der Waals surface area (Å²) >= 11 is 0. The molecule has 0 bridgehead atoms. The number of nitrogens with one attached hydrogen (secondary N) is 1. The van der Waals surface area contributed by atoms with E-state index in [1.807, 2.05) is 58.0 Å². The minimum absolute atomic E-state index is 0.223. The normalized spacial score (nSPS) is 13.6. The summed E-state index contributed by atoms with van der Waals surface area (Å²) < 4.78 is 26.0. The molecule has 0 aliphatic rings. The molecular weight excluding hydrogens is 372 g/mol. The Bertz CT molecular complexity index is 937. The largest absolute Gasteiger partial charge is 0.348 e. The number of carbonyl (C=O) groups excluding carboxylic acids is 1. The van der Waals surface area contributed by atoms with Crippen molar-refractivity contribution in [3.8, 4) is 0 Å². The summed E-state index contributed by atoms with van der Waals surface area (Å²) in [7, 11) is -3.62. The van der Waals surface area contributed by atoms with Gasteiger partial charge in [0.05, 0.1) is 18.0 Å². The molecule has 0 radical (unpaired) electrons. The third-order valence-corrected chi connectivity index (χ3v) is 6.19. The van der Waals surface area contributed by atoms with Crippen molar-refractivity contribution in [2.45, 2.75) is 53.1 Å². The van der Waals surface area contributed by atoms with Crippen molar-refractivity contribution in [1.29, 1.82) is 0 Å². The van der Waals surface area contributed by atoms with Crippen LogP contribution in [0.25, 0.3) is 0 Å². The number of sulfonamides is 1. The van der Waals surface area contributed by atoms with Crippen LogP contribution < -0.4 is 9.62 Å². The molecule has 2 aromatic carbocycles. The van der Waals surface area contributed by atoms with Crippen molar-refractivity contribution in [1.82, 2.24) is 5.32 Å². The Hall–Kier alpha value is -2.34. The Morgan fingerprint density at radius 2 is 1.68 bits per heavy atom. The van der Waals surface area contributed by atoms with Gasteiger partial charge in [0.1, 0.15) is 6.04 Å². The minimum Gasteiger partial charge on any atom is -0.348 e. The number of rotatable bonds is 7. The van der Waals surface area contributed by atoms with Gasteiger partial charge in [-0.2, -0.15) is 0 Å². The fourth-order valence-corrected chi connectivity index (χ4v) is 4.50. The molecule has 2 aromatic rings. The first-order chi connectivity index (χ1) is 13.0. The Labute approximate surface area is 168 Å². The molecule has 2 rings (SSSR count). The van der Waals surface area contributed by atoms with Gasteiger partial charge in [-0.15, -0.1) is 0 Å². The molecule has 2 atom stereocenters. The maximum absolute atomic E-state index is 12.9. The van der Waals surface area contributed by atoms with Crippen LogP contribution in [0.4, 0.5) is 5.69 Å². The van der Waals surface area contributed by atoms with Crippen LogP contribution in [-0.4, -0.2) is 26.6 Å². The van der Waals surface area contributed by atoms with Gasteiger partial charge >= 0.3 is 0 Å². The van der Waals surface area contributed by atoms with E-state index in [1.54, 1.807) is 19.1 Å². The summed E-state index contributed by atoms with van der Waals surface area (Å²) in [5.74, 6) is -0.335. The molecule has 1 N–H and O–H groups in total. The van der Waals surface area contributed by atoms with Crippen LogP contribution in [0.1, 0.15) is 49.1 Å². The van der Waals surface area contributed by atoms with Crippen molar-refractivity contribution >= 4 is 21.6 Å². The maximum atomic E-state index is 12.9.